The quantitative estimate of drug-likeness (QED) is 0.659. The van der Waals surface area contributed by atoms with E-state index in [1.165, 1.54) is 11.1 Å². The fourth-order valence-corrected chi connectivity index (χ4v) is 2.58. The molecule has 94 valence electrons. The Morgan fingerprint density at radius 2 is 1.42 bits per heavy atom. The molecule has 0 aliphatic rings. The zero-order valence-corrected chi connectivity index (χ0v) is 12.0. The highest BCUT2D eigenvalue weighted by molar-refractivity contribution is 9.10. The topological polar surface area (TPSA) is 26.0 Å². The molecule has 2 nitrogen and oxygen atoms in total. The summed E-state index contributed by atoms with van der Waals surface area (Å²) in [6, 6.07) is 18.6. The third-order valence-electron chi connectivity index (χ3n) is 2.95. The second-order valence-electron chi connectivity index (χ2n) is 4.30. The van der Waals surface area contributed by atoms with Crippen LogP contribution in [0.4, 0.5) is 0 Å². The van der Waals surface area contributed by atoms with E-state index in [-0.39, 0.29) is 0 Å². The molecule has 0 amide bonds. The van der Waals surface area contributed by atoms with E-state index in [9.17, 15) is 0 Å². The molecule has 0 fully saturated rings. The van der Waals surface area contributed by atoms with Crippen molar-refractivity contribution in [2.75, 3.05) is 0 Å². The summed E-state index contributed by atoms with van der Waals surface area (Å²) in [6.45, 7) is 1.84. The Bertz CT molecular complexity index is 687. The SMILES string of the molecule is Cc1nc(Br)c(-c2ccc(-c3ccccc3)cc2)o1. The lowest BCUT2D eigenvalue weighted by molar-refractivity contribution is 0.534. The molecule has 0 saturated carbocycles. The lowest BCUT2D eigenvalue weighted by atomic mass is 10.0. The Morgan fingerprint density at radius 3 is 2.00 bits per heavy atom. The molecule has 0 aliphatic heterocycles. The van der Waals surface area contributed by atoms with Gasteiger partial charge in [0.25, 0.3) is 0 Å². The fourth-order valence-electron chi connectivity index (χ4n) is 2.02. The number of aromatic nitrogens is 1. The molecule has 3 aromatic rings. The van der Waals surface area contributed by atoms with E-state index in [2.05, 4.69) is 45.2 Å². The molecular formula is C16H12BrNO. The summed E-state index contributed by atoms with van der Waals surface area (Å²) in [5.74, 6) is 1.44. The summed E-state index contributed by atoms with van der Waals surface area (Å²) in [5, 5.41) is 0. The van der Waals surface area contributed by atoms with E-state index in [0.29, 0.717) is 5.89 Å². The van der Waals surface area contributed by atoms with Crippen molar-refractivity contribution in [2.24, 2.45) is 0 Å². The van der Waals surface area contributed by atoms with Crippen LogP contribution in [0.15, 0.2) is 63.6 Å². The van der Waals surface area contributed by atoms with E-state index in [1.807, 2.05) is 37.3 Å². The number of halogens is 1. The Balaban J connectivity index is 1.98. The Kier molecular flexibility index (Phi) is 3.22. The lowest BCUT2D eigenvalue weighted by Gasteiger charge is -2.02. The normalized spacial score (nSPS) is 10.6. The van der Waals surface area contributed by atoms with Crippen molar-refractivity contribution in [3.8, 4) is 22.5 Å². The standard InChI is InChI=1S/C16H12BrNO/c1-11-18-16(17)15(19-11)14-9-7-13(8-10-14)12-5-3-2-4-6-12/h2-10H,1H3. The van der Waals surface area contributed by atoms with Gasteiger partial charge in [0.05, 0.1) is 0 Å². The van der Waals surface area contributed by atoms with Gasteiger partial charge in [-0.1, -0.05) is 54.6 Å². The van der Waals surface area contributed by atoms with Gasteiger partial charge in [-0.05, 0) is 27.1 Å². The molecule has 3 rings (SSSR count). The first-order chi connectivity index (χ1) is 9.24. The van der Waals surface area contributed by atoms with Crippen molar-refractivity contribution >= 4 is 15.9 Å². The van der Waals surface area contributed by atoms with Crippen LogP contribution in [0, 0.1) is 6.92 Å². The van der Waals surface area contributed by atoms with Gasteiger partial charge in [0.2, 0.25) is 0 Å². The number of hydrogen-bond acceptors (Lipinski definition) is 2. The molecule has 0 aliphatic carbocycles. The van der Waals surface area contributed by atoms with Gasteiger partial charge in [0, 0.05) is 12.5 Å². The molecule has 0 bridgehead atoms. The van der Waals surface area contributed by atoms with Crippen LogP contribution in [-0.4, -0.2) is 4.98 Å². The minimum atomic E-state index is 0.661. The highest BCUT2D eigenvalue weighted by Crippen LogP contribution is 2.30. The fraction of sp³-hybridized carbons (Fsp3) is 0.0625. The Labute approximate surface area is 120 Å². The van der Waals surface area contributed by atoms with E-state index in [1.54, 1.807) is 0 Å². The third kappa shape index (κ3) is 2.47. The number of nitrogens with zero attached hydrogens (tertiary/aromatic N) is 1. The van der Waals surface area contributed by atoms with E-state index < -0.39 is 0 Å². The van der Waals surface area contributed by atoms with Crippen molar-refractivity contribution in [2.45, 2.75) is 6.92 Å². The predicted octanol–water partition coefficient (Wildman–Crippen LogP) is 5.08. The average molecular weight is 314 g/mol. The summed E-state index contributed by atoms with van der Waals surface area (Å²) < 4.78 is 6.34. The smallest absolute Gasteiger partial charge is 0.192 e. The maximum atomic E-state index is 5.59. The zero-order chi connectivity index (χ0) is 13.2. The van der Waals surface area contributed by atoms with Crippen LogP contribution in [0.2, 0.25) is 0 Å². The molecule has 0 saturated heterocycles. The Morgan fingerprint density at radius 1 is 0.842 bits per heavy atom. The molecule has 2 aromatic carbocycles. The third-order valence-corrected chi connectivity index (χ3v) is 3.48. The van der Waals surface area contributed by atoms with Crippen LogP contribution < -0.4 is 0 Å². The summed E-state index contributed by atoms with van der Waals surface area (Å²) in [6.07, 6.45) is 0. The first-order valence-corrected chi connectivity index (χ1v) is 6.82. The lowest BCUT2D eigenvalue weighted by Crippen LogP contribution is -1.79. The number of hydrogen-bond donors (Lipinski definition) is 0. The second kappa shape index (κ2) is 5.02. The van der Waals surface area contributed by atoms with Crippen molar-refractivity contribution in [1.82, 2.24) is 4.98 Å². The van der Waals surface area contributed by atoms with Gasteiger partial charge in [-0.15, -0.1) is 0 Å². The van der Waals surface area contributed by atoms with Crippen LogP contribution in [0.5, 0.6) is 0 Å². The van der Waals surface area contributed by atoms with E-state index in [0.717, 1.165) is 15.9 Å². The largest absolute Gasteiger partial charge is 0.440 e. The Hall–Kier alpha value is -1.87. The minimum absolute atomic E-state index is 0.661. The molecular weight excluding hydrogens is 302 g/mol. The van der Waals surface area contributed by atoms with Crippen LogP contribution in [0.1, 0.15) is 5.89 Å². The number of oxazole rings is 1. The molecule has 1 aromatic heterocycles. The molecule has 0 unspecified atom stereocenters. The van der Waals surface area contributed by atoms with Gasteiger partial charge in [-0.2, -0.15) is 0 Å². The maximum Gasteiger partial charge on any atom is 0.192 e. The number of rotatable bonds is 2. The van der Waals surface area contributed by atoms with Crippen molar-refractivity contribution < 1.29 is 4.42 Å². The molecule has 1 heterocycles. The van der Waals surface area contributed by atoms with Gasteiger partial charge >= 0.3 is 0 Å². The maximum absolute atomic E-state index is 5.59. The van der Waals surface area contributed by atoms with Gasteiger partial charge in [0.1, 0.15) is 0 Å². The molecule has 0 spiro atoms. The van der Waals surface area contributed by atoms with Crippen LogP contribution in [0.25, 0.3) is 22.5 Å². The van der Waals surface area contributed by atoms with Crippen molar-refractivity contribution in [3.05, 3.63) is 65.1 Å². The summed E-state index contributed by atoms with van der Waals surface area (Å²) >= 11 is 3.41. The average Bonchev–Trinajstić information content (AvgIpc) is 2.79. The van der Waals surface area contributed by atoms with Crippen LogP contribution >= 0.6 is 15.9 Å². The second-order valence-corrected chi connectivity index (χ2v) is 5.05. The first kappa shape index (κ1) is 12.2. The predicted molar refractivity (Wildman–Crippen MR) is 79.8 cm³/mol. The molecule has 3 heteroatoms. The van der Waals surface area contributed by atoms with Crippen molar-refractivity contribution in [3.63, 3.8) is 0 Å². The first-order valence-electron chi connectivity index (χ1n) is 6.03. The van der Waals surface area contributed by atoms with Gasteiger partial charge in [-0.3, -0.25) is 0 Å². The zero-order valence-electron chi connectivity index (χ0n) is 10.4. The molecule has 0 N–H and O–H groups in total. The molecule has 0 atom stereocenters. The van der Waals surface area contributed by atoms with Crippen LogP contribution in [0.3, 0.4) is 0 Å². The summed E-state index contributed by atoms with van der Waals surface area (Å²) in [5.41, 5.74) is 3.42. The van der Waals surface area contributed by atoms with E-state index >= 15 is 0 Å². The van der Waals surface area contributed by atoms with E-state index in [4.69, 9.17) is 4.42 Å². The summed E-state index contributed by atoms with van der Waals surface area (Å²) in [7, 11) is 0. The van der Waals surface area contributed by atoms with Gasteiger partial charge in [0.15, 0.2) is 16.3 Å². The van der Waals surface area contributed by atoms with Gasteiger partial charge in [-0.25, -0.2) is 4.98 Å². The van der Waals surface area contributed by atoms with Gasteiger partial charge < -0.3 is 4.42 Å². The van der Waals surface area contributed by atoms with Crippen molar-refractivity contribution in [1.29, 1.82) is 0 Å². The molecule has 19 heavy (non-hydrogen) atoms. The highest BCUT2D eigenvalue weighted by atomic mass is 79.9. The summed E-state index contributed by atoms with van der Waals surface area (Å²) in [4.78, 5) is 4.22. The monoisotopic (exact) mass is 313 g/mol. The number of aryl methyl sites for hydroxylation is 1. The molecule has 0 radical (unpaired) electrons. The number of benzene rings is 2. The van der Waals surface area contributed by atoms with Crippen LogP contribution in [-0.2, 0) is 0 Å². The highest BCUT2D eigenvalue weighted by Gasteiger charge is 2.10. The minimum Gasteiger partial charge on any atom is -0.440 e.